The molecule has 104 valence electrons. The van der Waals surface area contributed by atoms with Crippen molar-refractivity contribution in [2.45, 2.75) is 0 Å². The normalized spacial score (nSPS) is 10.2. The van der Waals surface area contributed by atoms with E-state index in [1.807, 2.05) is 0 Å². The number of amides is 1. The summed E-state index contributed by atoms with van der Waals surface area (Å²) >= 11 is 15.0. The Balaban J connectivity index is 1.91. The Hall–Kier alpha value is -1.23. The summed E-state index contributed by atoms with van der Waals surface area (Å²) in [5.74, 6) is 0.268. The summed E-state index contributed by atoms with van der Waals surface area (Å²) < 4.78 is 6.11. The number of halogens is 3. The Morgan fingerprint density at radius 2 is 2.00 bits per heavy atom. The van der Waals surface area contributed by atoms with Gasteiger partial charge in [-0.2, -0.15) is 0 Å². The summed E-state index contributed by atoms with van der Waals surface area (Å²) in [6.45, 7) is -0.103. The van der Waals surface area contributed by atoms with E-state index in [-0.39, 0.29) is 12.5 Å². The number of anilines is 1. The second kappa shape index (κ2) is 6.97. The van der Waals surface area contributed by atoms with Crippen LogP contribution in [0, 0.1) is 0 Å². The quantitative estimate of drug-likeness (QED) is 0.836. The fourth-order valence-corrected chi connectivity index (χ4v) is 2.08. The summed E-state index contributed by atoms with van der Waals surface area (Å²) in [5.41, 5.74) is 0.609. The van der Waals surface area contributed by atoms with Crippen molar-refractivity contribution in [1.82, 2.24) is 0 Å². The van der Waals surface area contributed by atoms with Crippen molar-refractivity contribution in [2.75, 3.05) is 11.9 Å². The molecule has 2 rings (SSSR count). The summed E-state index contributed by atoms with van der Waals surface area (Å²) in [6.07, 6.45) is 0. The molecule has 0 aliphatic carbocycles. The fraction of sp³-hybridized carbons (Fsp3) is 0.0714. The summed E-state index contributed by atoms with van der Waals surface area (Å²) in [6, 6.07) is 12.0. The van der Waals surface area contributed by atoms with E-state index in [0.29, 0.717) is 21.5 Å². The van der Waals surface area contributed by atoms with Crippen molar-refractivity contribution in [1.29, 1.82) is 0 Å². The summed E-state index contributed by atoms with van der Waals surface area (Å²) in [4.78, 5) is 11.7. The first-order valence-corrected chi connectivity index (χ1v) is 7.23. The first kappa shape index (κ1) is 15.2. The first-order valence-electron chi connectivity index (χ1n) is 5.68. The lowest BCUT2D eigenvalue weighted by atomic mass is 10.3. The maximum absolute atomic E-state index is 11.7. The van der Waals surface area contributed by atoms with Crippen LogP contribution in [-0.2, 0) is 4.79 Å². The average molecular weight is 375 g/mol. The molecule has 0 fully saturated rings. The predicted molar refractivity (Wildman–Crippen MR) is 84.7 cm³/mol. The number of ether oxygens (including phenoxy) is 1. The predicted octanol–water partition coefficient (Wildman–Crippen LogP) is 4.77. The molecule has 0 spiro atoms. The molecule has 0 aliphatic rings. The van der Waals surface area contributed by atoms with Gasteiger partial charge < -0.3 is 10.1 Å². The third-order valence-electron chi connectivity index (χ3n) is 2.37. The molecular formula is C14H10BrCl2NO2. The van der Waals surface area contributed by atoms with Crippen LogP contribution >= 0.6 is 39.1 Å². The lowest BCUT2D eigenvalue weighted by molar-refractivity contribution is -0.118. The van der Waals surface area contributed by atoms with Crippen molar-refractivity contribution >= 4 is 50.7 Å². The number of hydrogen-bond donors (Lipinski definition) is 1. The molecule has 0 unspecified atom stereocenters. The summed E-state index contributed by atoms with van der Waals surface area (Å²) in [5, 5.41) is 3.78. The van der Waals surface area contributed by atoms with E-state index in [2.05, 4.69) is 21.2 Å². The smallest absolute Gasteiger partial charge is 0.262 e. The maximum Gasteiger partial charge on any atom is 0.262 e. The molecule has 0 saturated carbocycles. The number of nitrogens with one attached hydrogen (secondary N) is 1. The van der Waals surface area contributed by atoms with Crippen LogP contribution in [0.3, 0.4) is 0 Å². The lowest BCUT2D eigenvalue weighted by Crippen LogP contribution is -2.20. The molecule has 0 aromatic heterocycles. The number of hydrogen-bond acceptors (Lipinski definition) is 2. The van der Waals surface area contributed by atoms with Crippen LogP contribution in [0.25, 0.3) is 0 Å². The standard InChI is InChI=1S/C14H10BrCl2NO2/c15-12-5-4-10(7-13(12)17)18-14(19)8-20-11-3-1-2-9(16)6-11/h1-7H,8H2,(H,18,19). The minimum absolute atomic E-state index is 0.103. The second-order valence-electron chi connectivity index (χ2n) is 3.92. The van der Waals surface area contributed by atoms with Crippen molar-refractivity contribution in [3.05, 3.63) is 57.0 Å². The highest BCUT2D eigenvalue weighted by Gasteiger charge is 2.05. The molecular weight excluding hydrogens is 365 g/mol. The van der Waals surface area contributed by atoms with Gasteiger partial charge in [0.25, 0.3) is 5.91 Å². The van der Waals surface area contributed by atoms with Crippen molar-refractivity contribution in [3.63, 3.8) is 0 Å². The molecule has 2 aromatic rings. The van der Waals surface area contributed by atoms with Crippen LogP contribution in [0.4, 0.5) is 5.69 Å². The van der Waals surface area contributed by atoms with Crippen LogP contribution in [0.1, 0.15) is 0 Å². The monoisotopic (exact) mass is 373 g/mol. The molecule has 0 saturated heterocycles. The molecule has 6 heteroatoms. The Kier molecular flexibility index (Phi) is 5.29. The molecule has 0 radical (unpaired) electrons. The van der Waals surface area contributed by atoms with Gasteiger partial charge >= 0.3 is 0 Å². The molecule has 3 nitrogen and oxygen atoms in total. The number of rotatable bonds is 4. The third kappa shape index (κ3) is 4.40. The zero-order chi connectivity index (χ0) is 14.5. The van der Waals surface area contributed by atoms with Crippen LogP contribution in [0.5, 0.6) is 5.75 Å². The maximum atomic E-state index is 11.7. The fourth-order valence-electron chi connectivity index (χ4n) is 1.48. The SMILES string of the molecule is O=C(COc1cccc(Cl)c1)Nc1ccc(Br)c(Cl)c1. The topological polar surface area (TPSA) is 38.3 Å². The van der Waals surface area contributed by atoms with Gasteiger partial charge in [-0.15, -0.1) is 0 Å². The van der Waals surface area contributed by atoms with Gasteiger partial charge in [-0.05, 0) is 52.3 Å². The van der Waals surface area contributed by atoms with E-state index in [9.17, 15) is 4.79 Å². The van der Waals surface area contributed by atoms with Gasteiger partial charge in [0, 0.05) is 15.2 Å². The van der Waals surface area contributed by atoms with E-state index in [4.69, 9.17) is 27.9 Å². The molecule has 0 bridgehead atoms. The number of carbonyl (C=O) groups is 1. The Labute approximate surface area is 135 Å². The van der Waals surface area contributed by atoms with E-state index < -0.39 is 0 Å². The zero-order valence-corrected chi connectivity index (χ0v) is 13.3. The average Bonchev–Trinajstić information content (AvgIpc) is 2.41. The van der Waals surface area contributed by atoms with Crippen LogP contribution < -0.4 is 10.1 Å². The van der Waals surface area contributed by atoms with Gasteiger partial charge in [-0.1, -0.05) is 29.3 Å². The Morgan fingerprint density at radius 3 is 2.70 bits per heavy atom. The van der Waals surface area contributed by atoms with Crippen molar-refractivity contribution < 1.29 is 9.53 Å². The minimum atomic E-state index is -0.275. The van der Waals surface area contributed by atoms with Gasteiger partial charge in [-0.3, -0.25) is 4.79 Å². The van der Waals surface area contributed by atoms with Crippen LogP contribution in [0.15, 0.2) is 46.9 Å². The molecule has 20 heavy (non-hydrogen) atoms. The van der Waals surface area contributed by atoms with E-state index in [1.165, 1.54) is 0 Å². The highest BCUT2D eigenvalue weighted by atomic mass is 79.9. The van der Waals surface area contributed by atoms with E-state index >= 15 is 0 Å². The number of carbonyl (C=O) groups excluding carboxylic acids is 1. The van der Waals surface area contributed by atoms with E-state index in [1.54, 1.807) is 42.5 Å². The van der Waals surface area contributed by atoms with Gasteiger partial charge in [0.05, 0.1) is 5.02 Å². The van der Waals surface area contributed by atoms with Gasteiger partial charge in [-0.25, -0.2) is 0 Å². The van der Waals surface area contributed by atoms with Crippen molar-refractivity contribution in [3.8, 4) is 5.75 Å². The van der Waals surface area contributed by atoms with E-state index in [0.717, 1.165) is 4.47 Å². The molecule has 1 N–H and O–H groups in total. The minimum Gasteiger partial charge on any atom is -0.484 e. The van der Waals surface area contributed by atoms with Crippen LogP contribution in [-0.4, -0.2) is 12.5 Å². The van der Waals surface area contributed by atoms with Crippen molar-refractivity contribution in [2.24, 2.45) is 0 Å². The summed E-state index contributed by atoms with van der Waals surface area (Å²) in [7, 11) is 0. The van der Waals surface area contributed by atoms with Crippen LogP contribution in [0.2, 0.25) is 10.0 Å². The Bertz CT molecular complexity index is 634. The molecule has 1 amide bonds. The van der Waals surface area contributed by atoms with Gasteiger partial charge in [0.2, 0.25) is 0 Å². The van der Waals surface area contributed by atoms with Gasteiger partial charge in [0.1, 0.15) is 5.75 Å². The highest BCUT2D eigenvalue weighted by molar-refractivity contribution is 9.10. The molecule has 0 atom stereocenters. The highest BCUT2D eigenvalue weighted by Crippen LogP contribution is 2.25. The second-order valence-corrected chi connectivity index (χ2v) is 5.62. The lowest BCUT2D eigenvalue weighted by Gasteiger charge is -2.08. The molecule has 0 aliphatic heterocycles. The third-order valence-corrected chi connectivity index (χ3v) is 3.84. The Morgan fingerprint density at radius 1 is 1.20 bits per heavy atom. The van der Waals surface area contributed by atoms with Gasteiger partial charge in [0.15, 0.2) is 6.61 Å². The number of benzene rings is 2. The molecule has 0 heterocycles. The largest absolute Gasteiger partial charge is 0.484 e. The first-order chi connectivity index (χ1) is 9.54. The molecule has 2 aromatic carbocycles. The zero-order valence-electron chi connectivity index (χ0n) is 10.2.